The first-order valence-electron chi connectivity index (χ1n) is 10.3. The number of amides is 1. The molecule has 0 saturated carbocycles. The second kappa shape index (κ2) is 9.76. The van der Waals surface area contributed by atoms with Crippen molar-refractivity contribution in [2.45, 2.75) is 45.3 Å². The Kier molecular flexibility index (Phi) is 7.11. The van der Waals surface area contributed by atoms with Gasteiger partial charge in [0, 0.05) is 13.0 Å². The molecule has 0 fully saturated rings. The number of carboxylic acids is 1. The second-order valence-corrected chi connectivity index (χ2v) is 8.04. The highest BCUT2D eigenvalue weighted by atomic mass is 16.5. The molecular formula is C24H29NO5. The maximum Gasteiger partial charge on any atom is 0.407 e. The van der Waals surface area contributed by atoms with Gasteiger partial charge in [-0.25, -0.2) is 9.59 Å². The fourth-order valence-corrected chi connectivity index (χ4v) is 4.19. The summed E-state index contributed by atoms with van der Waals surface area (Å²) in [4.78, 5) is 23.5. The minimum Gasteiger partial charge on any atom is -0.480 e. The number of methoxy groups -OCH3 is 1. The highest BCUT2D eigenvalue weighted by molar-refractivity contribution is 5.81. The molecule has 0 spiro atoms. The Morgan fingerprint density at radius 3 is 2.53 bits per heavy atom. The maximum atomic E-state index is 12.2. The molecule has 30 heavy (non-hydrogen) atoms. The lowest BCUT2D eigenvalue weighted by molar-refractivity contribution is -0.139. The van der Waals surface area contributed by atoms with Gasteiger partial charge in [-0.05, 0) is 46.6 Å². The van der Waals surface area contributed by atoms with E-state index in [2.05, 4.69) is 29.6 Å². The van der Waals surface area contributed by atoms with Gasteiger partial charge in [0.05, 0.1) is 13.2 Å². The molecule has 6 nitrogen and oxygen atoms in total. The topological polar surface area (TPSA) is 84.9 Å². The molecule has 2 N–H and O–H groups in total. The number of hydrogen-bond donors (Lipinski definition) is 2. The molecule has 160 valence electrons. The first-order chi connectivity index (χ1) is 14.4. The third-order valence-corrected chi connectivity index (χ3v) is 5.41. The van der Waals surface area contributed by atoms with Crippen LogP contribution in [-0.4, -0.2) is 36.9 Å². The zero-order valence-corrected chi connectivity index (χ0v) is 17.7. The average Bonchev–Trinajstić information content (AvgIpc) is 3.02. The van der Waals surface area contributed by atoms with Crippen LogP contribution in [0.2, 0.25) is 0 Å². The van der Waals surface area contributed by atoms with Crippen molar-refractivity contribution in [2.24, 2.45) is 5.92 Å². The fraction of sp³-hybridized carbons (Fsp3) is 0.417. The monoisotopic (exact) mass is 411 g/mol. The van der Waals surface area contributed by atoms with Crippen LogP contribution < -0.4 is 5.32 Å². The van der Waals surface area contributed by atoms with Crippen molar-refractivity contribution < 1.29 is 24.2 Å². The molecule has 2 aromatic rings. The SMILES string of the molecule is COCc1cccc2c1C(CCOC(=O)N[C@@H](CC(C)C)C(=O)O)c1ccccc1-2. The summed E-state index contributed by atoms with van der Waals surface area (Å²) in [5.41, 5.74) is 5.94. The molecule has 1 aliphatic rings. The Balaban J connectivity index is 1.70. The van der Waals surface area contributed by atoms with Crippen LogP contribution >= 0.6 is 0 Å². The van der Waals surface area contributed by atoms with Crippen LogP contribution in [0.1, 0.15) is 49.3 Å². The largest absolute Gasteiger partial charge is 0.480 e. The number of hydrogen-bond acceptors (Lipinski definition) is 4. The van der Waals surface area contributed by atoms with Crippen LogP contribution in [0.5, 0.6) is 0 Å². The molecule has 0 bridgehead atoms. The van der Waals surface area contributed by atoms with E-state index in [0.29, 0.717) is 19.4 Å². The number of benzene rings is 2. The number of rotatable bonds is 9. The van der Waals surface area contributed by atoms with Crippen molar-refractivity contribution in [2.75, 3.05) is 13.7 Å². The van der Waals surface area contributed by atoms with Crippen molar-refractivity contribution in [1.29, 1.82) is 0 Å². The van der Waals surface area contributed by atoms with E-state index in [-0.39, 0.29) is 18.4 Å². The van der Waals surface area contributed by atoms with E-state index in [4.69, 9.17) is 9.47 Å². The molecule has 0 aliphatic heterocycles. The van der Waals surface area contributed by atoms with Crippen molar-refractivity contribution >= 4 is 12.1 Å². The van der Waals surface area contributed by atoms with Gasteiger partial charge in [0.2, 0.25) is 0 Å². The summed E-state index contributed by atoms with van der Waals surface area (Å²) in [5.74, 6) is -0.804. The van der Waals surface area contributed by atoms with Gasteiger partial charge in [-0.2, -0.15) is 0 Å². The number of carbonyl (C=O) groups excluding carboxylic acids is 1. The average molecular weight is 411 g/mol. The van der Waals surface area contributed by atoms with Crippen molar-refractivity contribution in [3.05, 3.63) is 59.2 Å². The number of carboxylic acid groups (broad SMARTS) is 1. The number of alkyl carbamates (subject to hydrolysis) is 1. The number of ether oxygens (including phenoxy) is 2. The Labute approximate surface area is 177 Å². The molecule has 2 atom stereocenters. The first kappa shape index (κ1) is 21.8. The molecule has 6 heteroatoms. The molecular weight excluding hydrogens is 382 g/mol. The van der Waals surface area contributed by atoms with Gasteiger partial charge in [0.25, 0.3) is 0 Å². The van der Waals surface area contributed by atoms with Gasteiger partial charge >= 0.3 is 12.1 Å². The number of nitrogens with one attached hydrogen (secondary N) is 1. The van der Waals surface area contributed by atoms with E-state index >= 15 is 0 Å². The van der Waals surface area contributed by atoms with Gasteiger partial charge < -0.3 is 19.9 Å². The normalized spacial score (nSPS) is 15.4. The summed E-state index contributed by atoms with van der Waals surface area (Å²) in [6.07, 6.45) is 0.272. The van der Waals surface area contributed by atoms with Crippen molar-refractivity contribution in [1.82, 2.24) is 5.32 Å². The summed E-state index contributed by atoms with van der Waals surface area (Å²) in [6.45, 7) is 4.54. The minimum absolute atomic E-state index is 0.0984. The summed E-state index contributed by atoms with van der Waals surface area (Å²) in [6, 6.07) is 13.5. The molecule has 0 aromatic heterocycles. The zero-order chi connectivity index (χ0) is 21.7. The van der Waals surface area contributed by atoms with E-state index in [9.17, 15) is 14.7 Å². The number of fused-ring (bicyclic) bond motifs is 3. The Morgan fingerprint density at radius 2 is 1.83 bits per heavy atom. The molecule has 1 aliphatic carbocycles. The molecule has 3 rings (SSSR count). The molecule has 1 unspecified atom stereocenters. The predicted octanol–water partition coefficient (Wildman–Crippen LogP) is 4.56. The van der Waals surface area contributed by atoms with E-state index in [1.807, 2.05) is 32.0 Å². The number of aliphatic carboxylic acids is 1. The van der Waals surface area contributed by atoms with E-state index < -0.39 is 18.1 Å². The summed E-state index contributed by atoms with van der Waals surface area (Å²) >= 11 is 0. The molecule has 0 heterocycles. The lowest BCUT2D eigenvalue weighted by Crippen LogP contribution is -2.42. The molecule has 2 aromatic carbocycles. The molecule has 0 saturated heterocycles. The third kappa shape index (κ3) is 4.82. The second-order valence-electron chi connectivity index (χ2n) is 8.04. The van der Waals surface area contributed by atoms with Crippen LogP contribution in [-0.2, 0) is 20.9 Å². The first-order valence-corrected chi connectivity index (χ1v) is 10.3. The third-order valence-electron chi connectivity index (χ3n) is 5.41. The lowest BCUT2D eigenvalue weighted by Gasteiger charge is -2.19. The van der Waals surface area contributed by atoms with Gasteiger partial charge in [0.1, 0.15) is 6.04 Å². The van der Waals surface area contributed by atoms with E-state index in [0.717, 1.165) is 5.56 Å². The predicted molar refractivity (Wildman–Crippen MR) is 114 cm³/mol. The zero-order valence-electron chi connectivity index (χ0n) is 17.7. The van der Waals surface area contributed by atoms with Gasteiger partial charge in [-0.3, -0.25) is 0 Å². The van der Waals surface area contributed by atoms with Gasteiger partial charge in [-0.15, -0.1) is 0 Å². The maximum absolute atomic E-state index is 12.2. The molecule has 0 radical (unpaired) electrons. The fourth-order valence-electron chi connectivity index (χ4n) is 4.19. The quantitative estimate of drug-likeness (QED) is 0.632. The Morgan fingerprint density at radius 1 is 1.10 bits per heavy atom. The Bertz CT molecular complexity index is 908. The van der Waals surface area contributed by atoms with Crippen LogP contribution in [0.15, 0.2) is 42.5 Å². The Hall–Kier alpha value is -2.86. The van der Waals surface area contributed by atoms with E-state index in [1.165, 1.54) is 22.3 Å². The van der Waals surface area contributed by atoms with Crippen LogP contribution in [0, 0.1) is 5.92 Å². The van der Waals surface area contributed by atoms with Gasteiger partial charge in [-0.1, -0.05) is 56.3 Å². The summed E-state index contributed by atoms with van der Waals surface area (Å²) in [5, 5.41) is 11.7. The molecule has 1 amide bonds. The summed E-state index contributed by atoms with van der Waals surface area (Å²) < 4.78 is 10.7. The van der Waals surface area contributed by atoms with Crippen LogP contribution in [0.3, 0.4) is 0 Å². The highest BCUT2D eigenvalue weighted by Gasteiger charge is 2.30. The minimum atomic E-state index is -1.05. The lowest BCUT2D eigenvalue weighted by atomic mass is 9.91. The standard InChI is InChI=1S/C24H29NO5/c1-15(2)13-21(23(26)27)25-24(28)30-12-11-20-18-9-5-4-8-17(18)19-10-6-7-16(14-29-3)22(19)20/h4-10,15,20-21H,11-14H2,1-3H3,(H,25,28)(H,26,27)/t20?,21-/m0/s1. The van der Waals surface area contributed by atoms with Crippen molar-refractivity contribution in [3.63, 3.8) is 0 Å². The number of carbonyl (C=O) groups is 2. The van der Waals surface area contributed by atoms with Gasteiger partial charge in [0.15, 0.2) is 0 Å². The van der Waals surface area contributed by atoms with E-state index in [1.54, 1.807) is 7.11 Å². The summed E-state index contributed by atoms with van der Waals surface area (Å²) in [7, 11) is 1.68. The van der Waals surface area contributed by atoms with Crippen molar-refractivity contribution in [3.8, 4) is 11.1 Å². The van der Waals surface area contributed by atoms with Crippen LogP contribution in [0.4, 0.5) is 4.79 Å². The van der Waals surface area contributed by atoms with Crippen LogP contribution in [0.25, 0.3) is 11.1 Å². The highest BCUT2D eigenvalue weighted by Crippen LogP contribution is 2.47. The smallest absolute Gasteiger partial charge is 0.407 e.